The first-order valence-corrected chi connectivity index (χ1v) is 8.78. The van der Waals surface area contributed by atoms with E-state index >= 15 is 0 Å². The van der Waals surface area contributed by atoms with E-state index in [2.05, 4.69) is 27.3 Å². The van der Waals surface area contributed by atoms with E-state index in [0.717, 1.165) is 16.1 Å². The van der Waals surface area contributed by atoms with Crippen molar-refractivity contribution in [1.82, 2.24) is 15.0 Å². The summed E-state index contributed by atoms with van der Waals surface area (Å²) in [6, 6.07) is 9.60. The van der Waals surface area contributed by atoms with Gasteiger partial charge in [-0.25, -0.2) is 4.98 Å². The molecular weight excluding hydrogens is 336 g/mol. The Morgan fingerprint density at radius 2 is 2.24 bits per heavy atom. The molecule has 25 heavy (non-hydrogen) atoms. The number of anilines is 1. The molecule has 1 aromatic carbocycles. The SMILES string of the molecule is Cc1cnc(NC(=O)c2cccc(CN(C)C(C)c3ccon3)c2)s1. The molecule has 0 spiro atoms. The van der Waals surface area contributed by atoms with Crippen molar-refractivity contribution in [2.24, 2.45) is 0 Å². The molecule has 0 saturated heterocycles. The summed E-state index contributed by atoms with van der Waals surface area (Å²) in [5.41, 5.74) is 2.56. The number of carbonyl (C=O) groups is 1. The molecule has 130 valence electrons. The van der Waals surface area contributed by atoms with Gasteiger partial charge in [0.25, 0.3) is 5.91 Å². The first kappa shape index (κ1) is 17.3. The largest absolute Gasteiger partial charge is 0.364 e. The van der Waals surface area contributed by atoms with Gasteiger partial charge in [-0.3, -0.25) is 15.0 Å². The lowest BCUT2D eigenvalue weighted by molar-refractivity contribution is 0.102. The van der Waals surface area contributed by atoms with Crippen molar-refractivity contribution in [2.45, 2.75) is 26.4 Å². The predicted octanol–water partition coefficient (Wildman–Crippen LogP) is 3.88. The van der Waals surface area contributed by atoms with E-state index in [1.807, 2.05) is 38.2 Å². The van der Waals surface area contributed by atoms with Crippen LogP contribution in [-0.2, 0) is 6.54 Å². The van der Waals surface area contributed by atoms with E-state index in [-0.39, 0.29) is 11.9 Å². The number of aromatic nitrogens is 2. The molecular formula is C18H20N4O2S. The summed E-state index contributed by atoms with van der Waals surface area (Å²) >= 11 is 1.46. The number of benzene rings is 1. The van der Waals surface area contributed by atoms with Crippen molar-refractivity contribution in [2.75, 3.05) is 12.4 Å². The number of carbonyl (C=O) groups excluding carboxylic acids is 1. The molecule has 1 unspecified atom stereocenters. The van der Waals surface area contributed by atoms with Crippen molar-refractivity contribution in [3.63, 3.8) is 0 Å². The van der Waals surface area contributed by atoms with Crippen LogP contribution in [0.4, 0.5) is 5.13 Å². The third-order valence-electron chi connectivity index (χ3n) is 4.01. The van der Waals surface area contributed by atoms with Gasteiger partial charge in [0, 0.05) is 29.2 Å². The van der Waals surface area contributed by atoms with Gasteiger partial charge >= 0.3 is 0 Å². The molecule has 1 N–H and O–H groups in total. The fraction of sp³-hybridized carbons (Fsp3) is 0.278. The average molecular weight is 356 g/mol. The molecule has 0 aliphatic rings. The van der Waals surface area contributed by atoms with E-state index < -0.39 is 0 Å². The number of nitrogens with one attached hydrogen (secondary N) is 1. The Hall–Kier alpha value is -2.51. The van der Waals surface area contributed by atoms with Crippen LogP contribution in [0.3, 0.4) is 0 Å². The Balaban J connectivity index is 1.67. The van der Waals surface area contributed by atoms with E-state index in [1.54, 1.807) is 18.5 Å². The number of nitrogens with zero attached hydrogens (tertiary/aromatic N) is 3. The highest BCUT2D eigenvalue weighted by atomic mass is 32.1. The summed E-state index contributed by atoms with van der Waals surface area (Å²) in [4.78, 5) is 19.8. The van der Waals surface area contributed by atoms with Gasteiger partial charge in [0.2, 0.25) is 0 Å². The van der Waals surface area contributed by atoms with Gasteiger partial charge in [0.05, 0.1) is 6.04 Å². The molecule has 6 nitrogen and oxygen atoms in total. The number of hydrogen-bond acceptors (Lipinski definition) is 6. The highest BCUT2D eigenvalue weighted by molar-refractivity contribution is 7.15. The van der Waals surface area contributed by atoms with Gasteiger partial charge in [-0.2, -0.15) is 0 Å². The summed E-state index contributed by atoms with van der Waals surface area (Å²) in [7, 11) is 2.02. The van der Waals surface area contributed by atoms with E-state index in [0.29, 0.717) is 17.2 Å². The van der Waals surface area contributed by atoms with Gasteiger partial charge < -0.3 is 4.52 Å². The van der Waals surface area contributed by atoms with Gasteiger partial charge in [-0.05, 0) is 38.6 Å². The van der Waals surface area contributed by atoms with Crippen LogP contribution in [0, 0.1) is 6.92 Å². The zero-order valence-corrected chi connectivity index (χ0v) is 15.2. The van der Waals surface area contributed by atoms with Crippen molar-refractivity contribution < 1.29 is 9.32 Å². The molecule has 3 aromatic rings. The molecule has 0 bridgehead atoms. The van der Waals surface area contributed by atoms with Crippen LogP contribution in [-0.4, -0.2) is 28.0 Å². The minimum atomic E-state index is -0.150. The van der Waals surface area contributed by atoms with Crippen molar-refractivity contribution in [1.29, 1.82) is 0 Å². The average Bonchev–Trinajstić information content (AvgIpc) is 3.26. The van der Waals surface area contributed by atoms with Gasteiger partial charge in [-0.1, -0.05) is 17.3 Å². The van der Waals surface area contributed by atoms with Crippen LogP contribution >= 0.6 is 11.3 Å². The highest BCUT2D eigenvalue weighted by Crippen LogP contribution is 2.20. The minimum Gasteiger partial charge on any atom is -0.364 e. The molecule has 7 heteroatoms. The fourth-order valence-electron chi connectivity index (χ4n) is 2.48. The molecule has 0 aliphatic carbocycles. The third-order valence-corrected chi connectivity index (χ3v) is 4.84. The Labute approximate surface area is 150 Å². The molecule has 1 amide bonds. The summed E-state index contributed by atoms with van der Waals surface area (Å²) in [6.07, 6.45) is 3.32. The quantitative estimate of drug-likeness (QED) is 0.725. The van der Waals surface area contributed by atoms with Crippen molar-refractivity contribution >= 4 is 22.4 Å². The van der Waals surface area contributed by atoms with Crippen LogP contribution in [0.2, 0.25) is 0 Å². The lowest BCUT2D eigenvalue weighted by atomic mass is 10.1. The second kappa shape index (κ2) is 7.58. The maximum Gasteiger partial charge on any atom is 0.257 e. The number of aryl methyl sites for hydroxylation is 1. The zero-order chi connectivity index (χ0) is 17.8. The van der Waals surface area contributed by atoms with E-state index in [4.69, 9.17) is 4.52 Å². The molecule has 3 rings (SSSR count). The lowest BCUT2D eigenvalue weighted by Crippen LogP contribution is -2.22. The predicted molar refractivity (Wildman–Crippen MR) is 97.6 cm³/mol. The number of thiazole rings is 1. The lowest BCUT2D eigenvalue weighted by Gasteiger charge is -2.23. The van der Waals surface area contributed by atoms with Crippen LogP contribution < -0.4 is 5.32 Å². The van der Waals surface area contributed by atoms with E-state index in [1.165, 1.54) is 11.3 Å². The molecule has 1 atom stereocenters. The van der Waals surface area contributed by atoms with Crippen LogP contribution in [0.15, 0.2) is 47.3 Å². The molecule has 2 heterocycles. The summed E-state index contributed by atoms with van der Waals surface area (Å²) in [6.45, 7) is 4.73. The second-order valence-electron chi connectivity index (χ2n) is 5.95. The van der Waals surface area contributed by atoms with Gasteiger partial charge in [-0.15, -0.1) is 11.3 Å². The highest BCUT2D eigenvalue weighted by Gasteiger charge is 2.15. The first-order chi connectivity index (χ1) is 12.0. The van der Waals surface area contributed by atoms with E-state index in [9.17, 15) is 4.79 Å². The van der Waals surface area contributed by atoms with Crippen LogP contribution in [0.5, 0.6) is 0 Å². The van der Waals surface area contributed by atoms with Crippen LogP contribution in [0.1, 0.15) is 39.5 Å². The molecule has 0 aliphatic heterocycles. The zero-order valence-electron chi connectivity index (χ0n) is 14.4. The maximum absolute atomic E-state index is 12.4. The summed E-state index contributed by atoms with van der Waals surface area (Å²) < 4.78 is 4.91. The molecule has 0 radical (unpaired) electrons. The van der Waals surface area contributed by atoms with Gasteiger partial charge in [0.1, 0.15) is 12.0 Å². The summed E-state index contributed by atoms with van der Waals surface area (Å²) in [5, 5.41) is 7.44. The smallest absolute Gasteiger partial charge is 0.257 e. The number of rotatable bonds is 6. The number of amides is 1. The molecule has 2 aromatic heterocycles. The fourth-order valence-corrected chi connectivity index (χ4v) is 3.14. The Morgan fingerprint density at radius 1 is 1.40 bits per heavy atom. The van der Waals surface area contributed by atoms with Crippen LogP contribution in [0.25, 0.3) is 0 Å². The first-order valence-electron chi connectivity index (χ1n) is 7.96. The Bertz CT molecular complexity index is 844. The molecule has 0 fully saturated rings. The minimum absolute atomic E-state index is 0.120. The summed E-state index contributed by atoms with van der Waals surface area (Å²) in [5.74, 6) is -0.150. The second-order valence-corrected chi connectivity index (χ2v) is 7.18. The topological polar surface area (TPSA) is 71.3 Å². The maximum atomic E-state index is 12.4. The number of hydrogen-bond donors (Lipinski definition) is 1. The van der Waals surface area contributed by atoms with Crippen molar-refractivity contribution in [3.05, 3.63) is 64.5 Å². The Morgan fingerprint density at radius 3 is 2.92 bits per heavy atom. The van der Waals surface area contributed by atoms with Crippen molar-refractivity contribution in [3.8, 4) is 0 Å². The normalized spacial score (nSPS) is 12.3. The van der Waals surface area contributed by atoms with Gasteiger partial charge in [0.15, 0.2) is 5.13 Å². The third kappa shape index (κ3) is 4.32. The monoisotopic (exact) mass is 356 g/mol. The Kier molecular flexibility index (Phi) is 5.25. The molecule has 0 saturated carbocycles. The standard InChI is InChI=1S/C18H20N4O2S/c1-12-10-19-18(25-12)20-17(23)15-6-4-5-14(9-15)11-22(3)13(2)16-7-8-24-21-16/h4-10,13H,11H2,1-3H3,(H,19,20,23).